The van der Waals surface area contributed by atoms with E-state index in [1.165, 1.54) is 5.56 Å². The molecule has 0 unspecified atom stereocenters. The van der Waals surface area contributed by atoms with E-state index in [9.17, 15) is 14.7 Å². The molecule has 26 heavy (non-hydrogen) atoms. The molecular weight excluding hydrogens is 350 g/mol. The third kappa shape index (κ3) is 6.72. The summed E-state index contributed by atoms with van der Waals surface area (Å²) >= 11 is 1.57. The Morgan fingerprint density at radius 1 is 1.23 bits per heavy atom. The van der Waals surface area contributed by atoms with Gasteiger partial charge in [-0.05, 0) is 24.0 Å². The maximum Gasteiger partial charge on any atom is 0.326 e. The molecular formula is C19H27N3O3S. The van der Waals surface area contributed by atoms with E-state index < -0.39 is 12.0 Å². The summed E-state index contributed by atoms with van der Waals surface area (Å²) in [6.07, 6.45) is 6.59. The first kappa shape index (κ1) is 20.3. The summed E-state index contributed by atoms with van der Waals surface area (Å²) in [5.41, 5.74) is 1.18. The number of amides is 2. The Bertz CT molecular complexity index is 601. The summed E-state index contributed by atoms with van der Waals surface area (Å²) in [4.78, 5) is 27.5. The quantitative estimate of drug-likeness (QED) is 0.727. The van der Waals surface area contributed by atoms with Gasteiger partial charge in [0.05, 0.1) is 0 Å². The van der Waals surface area contributed by atoms with Crippen molar-refractivity contribution in [1.82, 2.24) is 15.1 Å². The summed E-state index contributed by atoms with van der Waals surface area (Å²) < 4.78 is 0. The molecule has 0 aliphatic carbocycles. The summed E-state index contributed by atoms with van der Waals surface area (Å²) in [5.74, 6) is -0.268. The van der Waals surface area contributed by atoms with Gasteiger partial charge in [0.15, 0.2) is 0 Å². The minimum Gasteiger partial charge on any atom is -0.480 e. The van der Waals surface area contributed by atoms with E-state index in [0.29, 0.717) is 25.3 Å². The van der Waals surface area contributed by atoms with E-state index in [1.807, 2.05) is 24.5 Å². The van der Waals surface area contributed by atoms with Gasteiger partial charge in [0.2, 0.25) is 0 Å². The highest BCUT2D eigenvalue weighted by Gasteiger charge is 2.25. The van der Waals surface area contributed by atoms with Crippen molar-refractivity contribution in [2.45, 2.75) is 12.5 Å². The first-order valence-electron chi connectivity index (χ1n) is 8.81. The molecule has 142 valence electrons. The van der Waals surface area contributed by atoms with Crippen molar-refractivity contribution in [3.05, 3.63) is 42.0 Å². The zero-order chi connectivity index (χ0) is 18.8. The first-order chi connectivity index (χ1) is 12.6. The minimum absolute atomic E-state index is 0.280. The molecule has 1 aromatic rings. The molecule has 1 atom stereocenters. The number of benzene rings is 1. The smallest absolute Gasteiger partial charge is 0.326 e. The number of carbonyl (C=O) groups is 2. The molecule has 1 aromatic carbocycles. The number of aliphatic carboxylic acids is 1. The van der Waals surface area contributed by atoms with Gasteiger partial charge >= 0.3 is 12.0 Å². The molecule has 2 N–H and O–H groups in total. The van der Waals surface area contributed by atoms with E-state index in [4.69, 9.17) is 0 Å². The predicted molar refractivity (Wildman–Crippen MR) is 106 cm³/mol. The average molecular weight is 378 g/mol. The van der Waals surface area contributed by atoms with Crippen LogP contribution in [-0.2, 0) is 4.79 Å². The lowest BCUT2D eigenvalue weighted by Crippen LogP contribution is -2.54. The maximum atomic E-state index is 12.3. The van der Waals surface area contributed by atoms with Gasteiger partial charge in [-0.2, -0.15) is 11.8 Å². The number of rotatable bonds is 8. The normalized spacial score (nSPS) is 16.6. The molecule has 6 nitrogen and oxygen atoms in total. The summed E-state index contributed by atoms with van der Waals surface area (Å²) in [5, 5.41) is 11.9. The third-order valence-electron chi connectivity index (χ3n) is 4.34. The second kappa shape index (κ2) is 10.9. The van der Waals surface area contributed by atoms with Crippen molar-refractivity contribution in [3.8, 4) is 0 Å². The summed E-state index contributed by atoms with van der Waals surface area (Å²) in [6.45, 7) is 3.64. The Kier molecular flexibility index (Phi) is 8.50. The maximum absolute atomic E-state index is 12.3. The van der Waals surface area contributed by atoms with Crippen molar-refractivity contribution in [2.75, 3.05) is 44.7 Å². The van der Waals surface area contributed by atoms with Crippen molar-refractivity contribution in [2.24, 2.45) is 0 Å². The van der Waals surface area contributed by atoms with Gasteiger partial charge in [-0.15, -0.1) is 0 Å². The number of thioether (sulfide) groups is 1. The van der Waals surface area contributed by atoms with Crippen LogP contribution in [-0.4, -0.2) is 77.7 Å². The number of hydrogen-bond donors (Lipinski definition) is 2. The summed E-state index contributed by atoms with van der Waals surface area (Å²) in [6, 6.07) is 9.06. The molecule has 0 bridgehead atoms. The molecule has 0 radical (unpaired) electrons. The fourth-order valence-corrected chi connectivity index (χ4v) is 3.24. The average Bonchev–Trinajstić information content (AvgIpc) is 2.66. The van der Waals surface area contributed by atoms with Gasteiger partial charge in [-0.3, -0.25) is 4.90 Å². The molecule has 2 amide bonds. The Hall–Kier alpha value is -1.99. The predicted octanol–water partition coefficient (Wildman–Crippen LogP) is 2.23. The van der Waals surface area contributed by atoms with E-state index in [0.717, 1.165) is 19.6 Å². The van der Waals surface area contributed by atoms with Crippen LogP contribution in [0.15, 0.2) is 36.4 Å². The monoisotopic (exact) mass is 377 g/mol. The second-order valence-electron chi connectivity index (χ2n) is 6.22. The van der Waals surface area contributed by atoms with Gasteiger partial charge in [0, 0.05) is 32.7 Å². The first-order valence-corrected chi connectivity index (χ1v) is 10.2. The number of hydrogen-bond acceptors (Lipinski definition) is 4. The number of nitrogens with one attached hydrogen (secondary N) is 1. The number of urea groups is 1. The number of carbonyl (C=O) groups excluding carboxylic acids is 1. The topological polar surface area (TPSA) is 72.9 Å². The van der Waals surface area contributed by atoms with Crippen molar-refractivity contribution < 1.29 is 14.7 Å². The lowest BCUT2D eigenvalue weighted by Gasteiger charge is -2.34. The highest BCUT2D eigenvalue weighted by Crippen LogP contribution is 2.06. The molecule has 7 heteroatoms. The van der Waals surface area contributed by atoms with Gasteiger partial charge in [0.1, 0.15) is 6.04 Å². The van der Waals surface area contributed by atoms with Gasteiger partial charge < -0.3 is 15.3 Å². The van der Waals surface area contributed by atoms with E-state index >= 15 is 0 Å². The van der Waals surface area contributed by atoms with Gasteiger partial charge in [0.25, 0.3) is 0 Å². The Labute approximate surface area is 159 Å². The molecule has 1 fully saturated rings. The van der Waals surface area contributed by atoms with Crippen LogP contribution in [0.5, 0.6) is 0 Å². The SMILES string of the molecule is CSCC[C@H](NC(=O)N1CCN(C/C=C/c2ccccc2)CC1)C(=O)O. The van der Waals surface area contributed by atoms with Crippen LogP contribution in [0.1, 0.15) is 12.0 Å². The van der Waals surface area contributed by atoms with Crippen LogP contribution < -0.4 is 5.32 Å². The molecule has 0 spiro atoms. The van der Waals surface area contributed by atoms with E-state index in [1.54, 1.807) is 16.7 Å². The Morgan fingerprint density at radius 2 is 1.92 bits per heavy atom. The van der Waals surface area contributed by atoms with E-state index in [2.05, 4.69) is 34.5 Å². The lowest BCUT2D eigenvalue weighted by molar-refractivity contribution is -0.139. The van der Waals surface area contributed by atoms with E-state index in [-0.39, 0.29) is 6.03 Å². The number of carboxylic acids is 1. The highest BCUT2D eigenvalue weighted by atomic mass is 32.2. The molecule has 2 rings (SSSR count). The van der Waals surface area contributed by atoms with Gasteiger partial charge in [-0.1, -0.05) is 42.5 Å². The largest absolute Gasteiger partial charge is 0.480 e. The van der Waals surface area contributed by atoms with Crippen LogP contribution in [0.2, 0.25) is 0 Å². The van der Waals surface area contributed by atoms with Crippen LogP contribution in [0, 0.1) is 0 Å². The third-order valence-corrected chi connectivity index (χ3v) is 4.98. The lowest BCUT2D eigenvalue weighted by atomic mass is 10.2. The zero-order valence-corrected chi connectivity index (χ0v) is 16.0. The molecule has 0 saturated carbocycles. The second-order valence-corrected chi connectivity index (χ2v) is 7.21. The van der Waals surface area contributed by atoms with Crippen LogP contribution in [0.25, 0.3) is 6.08 Å². The molecule has 1 aliphatic heterocycles. The Morgan fingerprint density at radius 3 is 2.54 bits per heavy atom. The molecule has 1 heterocycles. The highest BCUT2D eigenvalue weighted by molar-refractivity contribution is 7.98. The number of piperazine rings is 1. The van der Waals surface area contributed by atoms with Crippen molar-refractivity contribution in [3.63, 3.8) is 0 Å². The standard InChI is InChI=1S/C19H27N3O3S/c1-26-15-9-17(18(23)24)20-19(25)22-13-11-21(12-14-22)10-5-8-16-6-3-2-4-7-16/h2-8,17H,9-15H2,1H3,(H,20,25)(H,23,24)/b8-5+/t17-/m0/s1. The number of carboxylic acid groups (broad SMARTS) is 1. The van der Waals surface area contributed by atoms with Crippen LogP contribution in [0.4, 0.5) is 4.79 Å². The van der Waals surface area contributed by atoms with Crippen LogP contribution >= 0.6 is 11.8 Å². The van der Waals surface area contributed by atoms with Crippen molar-refractivity contribution in [1.29, 1.82) is 0 Å². The molecule has 0 aromatic heterocycles. The minimum atomic E-state index is -0.975. The fraction of sp³-hybridized carbons (Fsp3) is 0.474. The number of nitrogens with zero attached hydrogens (tertiary/aromatic N) is 2. The fourth-order valence-electron chi connectivity index (χ4n) is 2.77. The summed E-state index contributed by atoms with van der Waals surface area (Å²) in [7, 11) is 0. The molecule has 1 saturated heterocycles. The molecule has 1 aliphatic rings. The Balaban J connectivity index is 1.73. The van der Waals surface area contributed by atoms with Crippen molar-refractivity contribution >= 4 is 29.8 Å². The van der Waals surface area contributed by atoms with Gasteiger partial charge in [-0.25, -0.2) is 9.59 Å². The zero-order valence-electron chi connectivity index (χ0n) is 15.1. The van der Waals surface area contributed by atoms with Crippen LogP contribution in [0.3, 0.4) is 0 Å².